The second kappa shape index (κ2) is 11.2. The van der Waals surface area contributed by atoms with E-state index < -0.39 is 81.6 Å². The van der Waals surface area contributed by atoms with E-state index in [1.807, 2.05) is 0 Å². The molecule has 0 radical (unpaired) electrons. The number of hydrogen-bond acceptors (Lipinski definition) is 0. The predicted octanol–water partition coefficient (Wildman–Crippen LogP) is 8.79. The summed E-state index contributed by atoms with van der Waals surface area (Å²) in [7, 11) is -1.02. The molecule has 0 aliphatic heterocycles. The first-order valence-electron chi connectivity index (χ1n) is 10.8. The summed E-state index contributed by atoms with van der Waals surface area (Å²) in [5.74, 6) is 0. The molecule has 0 aliphatic carbocycles. The van der Waals surface area contributed by atoms with E-state index in [0.717, 1.165) is 0 Å². The molecular weight excluding hydrogens is 743 g/mol. The Kier molecular flexibility index (Phi) is 12.7. The van der Waals surface area contributed by atoms with E-state index in [1.54, 1.807) is 41.9 Å². The van der Waals surface area contributed by atoms with Crippen molar-refractivity contribution in [1.29, 1.82) is 0 Å². The van der Waals surface area contributed by atoms with Gasteiger partial charge < -0.3 is 0 Å². The Bertz CT molecular complexity index is 303. The number of rotatable bonds is 12. The van der Waals surface area contributed by atoms with Gasteiger partial charge in [0.1, 0.15) is 0 Å². The van der Waals surface area contributed by atoms with Gasteiger partial charge in [-0.25, -0.2) is 0 Å². The molecule has 0 rings (SSSR count). The van der Waals surface area contributed by atoms with Crippen LogP contribution in [0.5, 0.6) is 0 Å². The fraction of sp³-hybridized carbons (Fsp3) is 1.00. The Morgan fingerprint density at radius 1 is 0.360 bits per heavy atom. The summed E-state index contributed by atoms with van der Waals surface area (Å²) < 4.78 is 6.78. The molecule has 0 spiro atoms. The van der Waals surface area contributed by atoms with Crippen molar-refractivity contribution in [1.82, 2.24) is 0 Å². The van der Waals surface area contributed by atoms with Gasteiger partial charge in [0.2, 0.25) is 0 Å². The van der Waals surface area contributed by atoms with Crippen molar-refractivity contribution in [3.63, 3.8) is 0 Å². The van der Waals surface area contributed by atoms with Crippen molar-refractivity contribution in [3.8, 4) is 0 Å². The van der Waals surface area contributed by atoms with Crippen LogP contribution in [0.2, 0.25) is 101 Å². The molecule has 5 heteroatoms. The van der Waals surface area contributed by atoms with E-state index in [0.29, 0.717) is 0 Å². The molecule has 0 N–H and O–H groups in total. The van der Waals surface area contributed by atoms with E-state index in [-0.39, 0.29) is 0 Å². The first-order chi connectivity index (χ1) is 10.8. The molecule has 0 aromatic carbocycles. The van der Waals surface area contributed by atoms with Crippen LogP contribution >= 0.6 is 0 Å². The Balaban J connectivity index is 5.41. The summed E-state index contributed by atoms with van der Waals surface area (Å²) in [6, 6.07) is 6.94. The maximum atomic E-state index is 2.68. The van der Waals surface area contributed by atoms with Crippen molar-refractivity contribution in [3.05, 3.63) is 0 Å². The molecular formula is C20H52SiSn4. The van der Waals surface area contributed by atoms with Crippen LogP contribution in [-0.2, 0) is 0 Å². The molecule has 0 atom stereocenters. The molecule has 0 nitrogen and oxygen atoms in total. The quantitative estimate of drug-likeness (QED) is 0.174. The number of hydrogen-bond donors (Lipinski definition) is 0. The van der Waals surface area contributed by atoms with Gasteiger partial charge in [0.15, 0.2) is 0 Å². The molecule has 0 amide bonds. The second-order valence-corrected chi connectivity index (χ2v) is 82.9. The van der Waals surface area contributed by atoms with E-state index in [4.69, 9.17) is 0 Å². The summed E-state index contributed by atoms with van der Waals surface area (Å²) in [5, 5.41) is 0. The van der Waals surface area contributed by atoms with Crippen LogP contribution in [-0.4, -0.2) is 81.6 Å². The molecule has 152 valence electrons. The van der Waals surface area contributed by atoms with Crippen LogP contribution in [0.1, 0.15) is 0 Å². The zero-order chi connectivity index (χ0) is 20.2. The van der Waals surface area contributed by atoms with Crippen LogP contribution in [0.25, 0.3) is 0 Å². The first kappa shape index (κ1) is 28.4. The van der Waals surface area contributed by atoms with Crippen LogP contribution in [0.3, 0.4) is 0 Å². The summed E-state index contributed by atoms with van der Waals surface area (Å²) in [6.07, 6.45) is 0. The van der Waals surface area contributed by atoms with E-state index in [2.05, 4.69) is 59.3 Å². The minimum atomic E-state index is -1.64. The van der Waals surface area contributed by atoms with Gasteiger partial charge >= 0.3 is 183 Å². The average molecular weight is 796 g/mol. The van der Waals surface area contributed by atoms with Gasteiger partial charge in [-0.05, 0) is 0 Å². The Morgan fingerprint density at radius 3 is 0.640 bits per heavy atom. The zero-order valence-electron chi connectivity index (χ0n) is 20.2. The third-order valence-corrected chi connectivity index (χ3v) is 36.6. The molecule has 0 aliphatic rings. The van der Waals surface area contributed by atoms with Crippen LogP contribution in [0, 0.1) is 0 Å². The SMILES string of the molecule is [CH3][Sn]([CH3])([CH3])[CH2]C[Si](C[CH2][Sn]([CH3])([CH3])[CH3])(C[CH2][Sn]([CH3])([CH3])[CH3])C[CH2][Sn]([CH3])([CH3])[CH3]. The van der Waals surface area contributed by atoms with Crippen molar-refractivity contribution in [2.75, 3.05) is 0 Å². The summed E-state index contributed by atoms with van der Waals surface area (Å²) >= 11 is -6.56. The summed E-state index contributed by atoms with van der Waals surface area (Å²) in [6.45, 7) is 0. The van der Waals surface area contributed by atoms with Crippen molar-refractivity contribution >= 4 is 81.6 Å². The molecule has 0 fully saturated rings. The normalized spacial score (nSPS) is 14.9. The van der Waals surface area contributed by atoms with Gasteiger partial charge in [-0.3, -0.25) is 0 Å². The van der Waals surface area contributed by atoms with Crippen molar-refractivity contribution in [2.24, 2.45) is 0 Å². The van der Waals surface area contributed by atoms with E-state index >= 15 is 0 Å². The summed E-state index contributed by atoms with van der Waals surface area (Å²) in [5.41, 5.74) is 0. The fourth-order valence-corrected chi connectivity index (χ4v) is 53.8. The topological polar surface area (TPSA) is 0 Å². The van der Waals surface area contributed by atoms with E-state index in [9.17, 15) is 0 Å². The Hall–Kier alpha value is 3.41. The Morgan fingerprint density at radius 2 is 0.520 bits per heavy atom. The van der Waals surface area contributed by atoms with Crippen molar-refractivity contribution in [2.45, 2.75) is 101 Å². The van der Waals surface area contributed by atoms with Crippen molar-refractivity contribution < 1.29 is 0 Å². The monoisotopic (exact) mass is 800 g/mol. The molecule has 25 heavy (non-hydrogen) atoms. The van der Waals surface area contributed by atoms with Gasteiger partial charge in [0, 0.05) is 0 Å². The minimum absolute atomic E-state index is 1.02. The second-order valence-electron chi connectivity index (χ2n) is 13.7. The van der Waals surface area contributed by atoms with Gasteiger partial charge in [-0.15, -0.1) is 0 Å². The third kappa shape index (κ3) is 17.9. The van der Waals surface area contributed by atoms with Gasteiger partial charge in [-0.2, -0.15) is 0 Å². The van der Waals surface area contributed by atoms with E-state index in [1.165, 1.54) is 0 Å². The third-order valence-electron chi connectivity index (χ3n) is 5.62. The molecule has 0 heterocycles. The molecule has 0 aromatic heterocycles. The van der Waals surface area contributed by atoms with Gasteiger partial charge in [0.05, 0.1) is 0 Å². The van der Waals surface area contributed by atoms with Crippen LogP contribution < -0.4 is 0 Å². The van der Waals surface area contributed by atoms with Crippen LogP contribution in [0.4, 0.5) is 0 Å². The molecule has 0 aromatic rings. The fourth-order valence-electron chi connectivity index (χ4n) is 3.31. The standard InChI is InChI=1S/C8H16Si.12CH3.4Sn/c1-5-9(6-2,7-3)8-4;;;;;;;;;;;;;;;;/h1-8H2;12*1H3;;;;. The van der Waals surface area contributed by atoms with Crippen LogP contribution in [0.15, 0.2) is 0 Å². The van der Waals surface area contributed by atoms with Gasteiger partial charge in [0.25, 0.3) is 0 Å². The average Bonchev–Trinajstić information content (AvgIpc) is 2.33. The summed E-state index contributed by atoms with van der Waals surface area (Å²) in [4.78, 5) is 32.2. The molecule has 0 unspecified atom stereocenters. The zero-order valence-corrected chi connectivity index (χ0v) is 32.6. The first-order valence-corrected chi connectivity index (χ1v) is 56.0. The molecule has 0 bridgehead atoms. The predicted molar refractivity (Wildman–Crippen MR) is 138 cm³/mol. The maximum absolute atomic E-state index is 2.68. The molecule has 0 saturated carbocycles. The van der Waals surface area contributed by atoms with Gasteiger partial charge in [-0.1, -0.05) is 0 Å². The molecule has 0 saturated heterocycles. The Labute approximate surface area is 180 Å².